The van der Waals surface area contributed by atoms with Crippen LogP contribution >= 0.6 is 0 Å². The van der Waals surface area contributed by atoms with E-state index >= 15 is 0 Å². The smallest absolute Gasteiger partial charge is 0.346 e. The summed E-state index contributed by atoms with van der Waals surface area (Å²) in [6, 6.07) is 6.53. The predicted octanol–water partition coefficient (Wildman–Crippen LogP) is 2.04. The average molecular weight is 314 g/mol. The lowest BCUT2D eigenvalue weighted by atomic mass is 9.72. The van der Waals surface area contributed by atoms with Crippen molar-refractivity contribution in [1.82, 2.24) is 0 Å². The number of ether oxygens (including phenoxy) is 2. The lowest BCUT2D eigenvalue weighted by Crippen LogP contribution is -2.31. The normalized spacial score (nSPS) is 27.6. The van der Waals surface area contributed by atoms with E-state index in [1.165, 1.54) is 0 Å². The van der Waals surface area contributed by atoms with Crippen molar-refractivity contribution < 1.29 is 28.7 Å². The summed E-state index contributed by atoms with van der Waals surface area (Å²) < 4.78 is 8.95. The Bertz CT molecular complexity index is 714. The van der Waals surface area contributed by atoms with E-state index in [4.69, 9.17) is 0 Å². The molecule has 1 saturated heterocycles. The van der Waals surface area contributed by atoms with Crippen LogP contribution in [0.25, 0.3) is 0 Å². The maximum atomic E-state index is 11.3. The standard InChI is InChI=1S/C9H10O3.C8H4O3/c1-9-5-3-2-4-6(9)7(10)12-8(9)11;9-7-5-3-1-2-4-6(5)8(10)11-7/h2-3,6H,4-5H2,1H3;1-4H. The van der Waals surface area contributed by atoms with Gasteiger partial charge in [0.1, 0.15) is 0 Å². The second-order valence-electron chi connectivity index (χ2n) is 5.81. The summed E-state index contributed by atoms with van der Waals surface area (Å²) in [4.78, 5) is 44.1. The summed E-state index contributed by atoms with van der Waals surface area (Å²) in [5, 5.41) is 0. The minimum absolute atomic E-state index is 0.241. The zero-order valence-electron chi connectivity index (χ0n) is 12.4. The molecule has 0 amide bonds. The van der Waals surface area contributed by atoms with Crippen LogP contribution in [0.5, 0.6) is 0 Å². The number of rotatable bonds is 0. The van der Waals surface area contributed by atoms with Gasteiger partial charge in [-0.3, -0.25) is 9.59 Å². The molecule has 1 aromatic rings. The Balaban J connectivity index is 0.000000136. The summed E-state index contributed by atoms with van der Waals surface area (Å²) >= 11 is 0. The molecule has 1 fully saturated rings. The molecule has 0 N–H and O–H groups in total. The van der Waals surface area contributed by atoms with E-state index in [-0.39, 0.29) is 17.9 Å². The van der Waals surface area contributed by atoms with Gasteiger partial charge in [0.05, 0.1) is 22.5 Å². The van der Waals surface area contributed by atoms with Gasteiger partial charge in [-0.15, -0.1) is 0 Å². The maximum absolute atomic E-state index is 11.3. The molecule has 2 aliphatic heterocycles. The Morgan fingerprint density at radius 3 is 2.13 bits per heavy atom. The monoisotopic (exact) mass is 314 g/mol. The third-order valence-electron chi connectivity index (χ3n) is 4.35. The fourth-order valence-electron chi connectivity index (χ4n) is 2.86. The summed E-state index contributed by atoms with van der Waals surface area (Å²) in [5.41, 5.74) is 0.140. The summed E-state index contributed by atoms with van der Waals surface area (Å²) in [7, 11) is 0. The Morgan fingerprint density at radius 1 is 0.957 bits per heavy atom. The van der Waals surface area contributed by atoms with Crippen LogP contribution in [0.3, 0.4) is 0 Å². The molecule has 6 heteroatoms. The first-order valence-electron chi connectivity index (χ1n) is 7.20. The minimum Gasteiger partial charge on any atom is -0.392 e. The molecular formula is C17H14O6. The van der Waals surface area contributed by atoms with Crippen molar-refractivity contribution in [2.45, 2.75) is 19.8 Å². The molecule has 0 saturated carbocycles. The van der Waals surface area contributed by atoms with Gasteiger partial charge in [-0.2, -0.15) is 0 Å². The summed E-state index contributed by atoms with van der Waals surface area (Å²) in [6.45, 7) is 1.80. The van der Waals surface area contributed by atoms with Crippen LogP contribution in [0, 0.1) is 11.3 Å². The van der Waals surface area contributed by atoms with Crippen molar-refractivity contribution >= 4 is 23.9 Å². The number of carbonyl (C=O) groups excluding carboxylic acids is 4. The molecule has 0 bridgehead atoms. The quantitative estimate of drug-likeness (QED) is 0.414. The third-order valence-corrected chi connectivity index (χ3v) is 4.35. The first kappa shape index (κ1) is 15.1. The van der Waals surface area contributed by atoms with Crippen LogP contribution in [0.2, 0.25) is 0 Å². The van der Waals surface area contributed by atoms with Crippen LogP contribution in [0.4, 0.5) is 0 Å². The molecule has 3 aliphatic rings. The average Bonchev–Trinajstić information content (AvgIpc) is 2.95. The maximum Gasteiger partial charge on any atom is 0.346 e. The number of esters is 4. The number of cyclic esters (lactones) is 4. The number of carbonyl (C=O) groups is 4. The molecule has 2 unspecified atom stereocenters. The van der Waals surface area contributed by atoms with Crippen LogP contribution in [-0.2, 0) is 19.1 Å². The highest BCUT2D eigenvalue weighted by Gasteiger charge is 2.53. The number of allylic oxidation sites excluding steroid dienone is 2. The van der Waals surface area contributed by atoms with E-state index in [9.17, 15) is 19.2 Å². The van der Waals surface area contributed by atoms with Crippen molar-refractivity contribution in [3.8, 4) is 0 Å². The van der Waals surface area contributed by atoms with Crippen LogP contribution in [0.1, 0.15) is 40.5 Å². The van der Waals surface area contributed by atoms with E-state index in [1.54, 1.807) is 31.2 Å². The molecule has 0 spiro atoms. The van der Waals surface area contributed by atoms with Gasteiger partial charge in [0.25, 0.3) is 0 Å². The van der Waals surface area contributed by atoms with E-state index in [2.05, 4.69) is 9.47 Å². The van der Waals surface area contributed by atoms with Gasteiger partial charge in [0.15, 0.2) is 0 Å². The van der Waals surface area contributed by atoms with Gasteiger partial charge in [-0.1, -0.05) is 24.3 Å². The fourth-order valence-corrected chi connectivity index (χ4v) is 2.86. The molecule has 118 valence electrons. The molecule has 23 heavy (non-hydrogen) atoms. The van der Waals surface area contributed by atoms with E-state index in [0.29, 0.717) is 24.0 Å². The van der Waals surface area contributed by atoms with Crippen molar-refractivity contribution in [3.05, 3.63) is 47.5 Å². The Morgan fingerprint density at radius 2 is 1.57 bits per heavy atom. The Kier molecular flexibility index (Phi) is 3.60. The van der Waals surface area contributed by atoms with Crippen LogP contribution < -0.4 is 0 Å². The highest BCUT2D eigenvalue weighted by atomic mass is 16.6. The van der Waals surface area contributed by atoms with E-state index in [0.717, 1.165) is 0 Å². The topological polar surface area (TPSA) is 86.7 Å². The lowest BCUT2D eigenvalue weighted by molar-refractivity contribution is -0.155. The fraction of sp³-hybridized carbons (Fsp3) is 0.294. The molecule has 6 nitrogen and oxygen atoms in total. The molecule has 2 heterocycles. The van der Waals surface area contributed by atoms with Gasteiger partial charge >= 0.3 is 23.9 Å². The number of hydrogen-bond acceptors (Lipinski definition) is 6. The van der Waals surface area contributed by atoms with Gasteiger partial charge in [0.2, 0.25) is 0 Å². The summed E-state index contributed by atoms with van der Waals surface area (Å²) in [5.74, 6) is -2.06. The van der Waals surface area contributed by atoms with E-state index < -0.39 is 17.4 Å². The molecule has 0 aromatic heterocycles. The summed E-state index contributed by atoms with van der Waals surface area (Å²) in [6.07, 6.45) is 5.14. The first-order chi connectivity index (χ1) is 10.9. The van der Waals surface area contributed by atoms with Gasteiger partial charge in [-0.25, -0.2) is 9.59 Å². The Hall–Kier alpha value is -2.76. The number of benzene rings is 1. The first-order valence-corrected chi connectivity index (χ1v) is 7.20. The van der Waals surface area contributed by atoms with Gasteiger partial charge in [0, 0.05) is 0 Å². The lowest BCUT2D eigenvalue weighted by Gasteiger charge is -2.25. The highest BCUT2D eigenvalue weighted by Crippen LogP contribution is 2.44. The predicted molar refractivity (Wildman–Crippen MR) is 77.3 cm³/mol. The van der Waals surface area contributed by atoms with Crippen molar-refractivity contribution in [3.63, 3.8) is 0 Å². The molecule has 0 radical (unpaired) electrons. The highest BCUT2D eigenvalue weighted by molar-refractivity contribution is 6.14. The second kappa shape index (κ2) is 5.46. The van der Waals surface area contributed by atoms with Crippen LogP contribution in [-0.4, -0.2) is 23.9 Å². The number of fused-ring (bicyclic) bond motifs is 2. The minimum atomic E-state index is -0.578. The van der Waals surface area contributed by atoms with Gasteiger partial charge < -0.3 is 9.47 Å². The zero-order valence-corrected chi connectivity index (χ0v) is 12.4. The molecule has 4 rings (SSSR count). The van der Waals surface area contributed by atoms with Gasteiger partial charge in [-0.05, 0) is 31.9 Å². The SMILES string of the molecule is CC12CC=CCC1C(=O)OC2=O.O=C1OC(=O)c2ccccc21. The Labute approximate surface area is 132 Å². The van der Waals surface area contributed by atoms with Crippen molar-refractivity contribution in [1.29, 1.82) is 0 Å². The third kappa shape index (κ3) is 2.46. The van der Waals surface area contributed by atoms with Crippen molar-refractivity contribution in [2.24, 2.45) is 11.3 Å². The molecular weight excluding hydrogens is 300 g/mol. The second-order valence-corrected chi connectivity index (χ2v) is 5.81. The van der Waals surface area contributed by atoms with Crippen molar-refractivity contribution in [2.75, 3.05) is 0 Å². The largest absolute Gasteiger partial charge is 0.392 e. The molecule has 2 atom stereocenters. The van der Waals surface area contributed by atoms with E-state index in [1.807, 2.05) is 12.2 Å². The zero-order chi connectivity index (χ0) is 16.6. The molecule has 1 aliphatic carbocycles. The number of hydrogen-bond donors (Lipinski definition) is 0. The van der Waals surface area contributed by atoms with Crippen LogP contribution in [0.15, 0.2) is 36.4 Å². The molecule has 1 aromatic carbocycles.